The molecule has 3 aromatic carbocycles. The molecule has 1 aliphatic carbocycles. The summed E-state index contributed by atoms with van der Waals surface area (Å²) in [5, 5.41) is 20.1. The first-order chi connectivity index (χ1) is 24.4. The number of hydrogen-bond donors (Lipinski definition) is 2. The summed E-state index contributed by atoms with van der Waals surface area (Å²) in [7, 11) is 0. The van der Waals surface area contributed by atoms with Crippen LogP contribution in [0.1, 0.15) is 46.3 Å². The third kappa shape index (κ3) is 5.85. The highest BCUT2D eigenvalue weighted by molar-refractivity contribution is 6.06. The molecular formula is C38H32N6O6. The molecule has 3 aliphatic rings. The molecule has 12 nitrogen and oxygen atoms in total. The highest BCUT2D eigenvalue weighted by Crippen LogP contribution is 2.35. The quantitative estimate of drug-likeness (QED) is 0.0971. The van der Waals surface area contributed by atoms with Gasteiger partial charge in [0.1, 0.15) is 36.4 Å². The maximum Gasteiger partial charge on any atom is 0.255 e. The number of pyridine rings is 1. The fourth-order valence-corrected chi connectivity index (χ4v) is 6.84. The van der Waals surface area contributed by atoms with Gasteiger partial charge in [0.15, 0.2) is 0 Å². The number of oxime groups is 1. The highest BCUT2D eigenvalue weighted by atomic mass is 16.5. The lowest BCUT2D eigenvalue weighted by molar-refractivity contribution is -0.136. The van der Waals surface area contributed by atoms with E-state index >= 15 is 0 Å². The van der Waals surface area contributed by atoms with E-state index < -0.39 is 11.9 Å². The van der Waals surface area contributed by atoms with Crippen molar-refractivity contribution in [2.45, 2.75) is 38.3 Å². The van der Waals surface area contributed by atoms with Gasteiger partial charge in [-0.15, -0.1) is 0 Å². The minimum absolute atomic E-state index is 0.214. The lowest BCUT2D eigenvalue weighted by Gasteiger charge is -2.29. The number of carbonyl (C=O) groups excluding carboxylic acids is 3. The molecule has 1 atom stereocenters. The van der Waals surface area contributed by atoms with Crippen molar-refractivity contribution in [3.05, 3.63) is 114 Å². The first-order valence-corrected chi connectivity index (χ1v) is 16.4. The molecule has 2 aromatic heterocycles. The van der Waals surface area contributed by atoms with Crippen molar-refractivity contribution in [3.8, 4) is 39.6 Å². The molecular weight excluding hydrogens is 636 g/mol. The van der Waals surface area contributed by atoms with Crippen molar-refractivity contribution in [2.75, 3.05) is 13.2 Å². The topological polar surface area (TPSA) is 148 Å². The van der Waals surface area contributed by atoms with Gasteiger partial charge in [-0.2, -0.15) is 5.10 Å². The van der Waals surface area contributed by atoms with Crippen LogP contribution in [0.5, 0.6) is 11.5 Å². The van der Waals surface area contributed by atoms with Gasteiger partial charge in [-0.3, -0.25) is 24.7 Å². The Morgan fingerprint density at radius 3 is 2.34 bits per heavy atom. The van der Waals surface area contributed by atoms with Gasteiger partial charge in [-0.25, -0.2) is 4.68 Å². The largest absolute Gasteiger partial charge is 0.490 e. The Kier molecular flexibility index (Phi) is 8.03. The minimum atomic E-state index is -0.655. The predicted octanol–water partition coefficient (Wildman–Crippen LogP) is 4.94. The van der Waals surface area contributed by atoms with Gasteiger partial charge in [0.25, 0.3) is 5.91 Å². The smallest absolute Gasteiger partial charge is 0.255 e. The van der Waals surface area contributed by atoms with Crippen molar-refractivity contribution in [3.63, 3.8) is 0 Å². The van der Waals surface area contributed by atoms with Crippen LogP contribution < -0.4 is 14.8 Å². The van der Waals surface area contributed by atoms with Crippen LogP contribution in [0, 0.1) is 0 Å². The van der Waals surface area contributed by atoms with E-state index in [0.29, 0.717) is 35.8 Å². The van der Waals surface area contributed by atoms with Gasteiger partial charge in [-0.1, -0.05) is 23.4 Å². The Balaban J connectivity index is 0.916. The summed E-state index contributed by atoms with van der Waals surface area (Å²) in [5.41, 5.74) is 8.82. The number of amides is 3. The fraction of sp³-hybridized carbons (Fsp3) is 0.211. The average molecular weight is 669 g/mol. The molecule has 0 radical (unpaired) electrons. The standard InChI is InChI=1S/C38H32N6O6/c45-35-12-11-34(37(46)40-35)43-21-26-20-29(7-9-31(26)38(43)47)50-18-17-49-28-5-3-27(4-6-28)44-22-32(36(41-44)23-13-15-39-16-14-23)25-1-8-30-24(19-25)2-10-33(30)42-48/h1,3-9,13-16,19-20,22,34,48H,2,10-12,17-18,21H2,(H,40,45,46)/b42-33+. The summed E-state index contributed by atoms with van der Waals surface area (Å²) in [6.45, 7) is 0.878. The number of piperidine rings is 1. The van der Waals surface area contributed by atoms with E-state index in [0.717, 1.165) is 57.6 Å². The number of nitrogens with zero attached hydrogens (tertiary/aromatic N) is 5. The lowest BCUT2D eigenvalue weighted by atomic mass is 9.98. The van der Waals surface area contributed by atoms with Gasteiger partial charge in [-0.05, 0) is 90.6 Å². The molecule has 1 saturated heterocycles. The number of hydrogen-bond acceptors (Lipinski definition) is 9. The SMILES string of the molecule is O=C1CCC(N2Cc3cc(OCCOc4ccc(-n5cc(-c6ccc7c(c6)CC/C7=N\O)c(-c6ccncc6)n5)cc4)ccc3C2=O)C(=O)N1. The zero-order valence-electron chi connectivity index (χ0n) is 26.9. The number of imide groups is 1. The minimum Gasteiger partial charge on any atom is -0.490 e. The molecule has 1 fully saturated rings. The van der Waals surface area contributed by atoms with Crippen LogP contribution >= 0.6 is 0 Å². The summed E-state index contributed by atoms with van der Waals surface area (Å²) in [6, 6.07) is 22.4. The molecule has 2 aliphatic heterocycles. The molecule has 2 N–H and O–H groups in total. The molecule has 0 spiro atoms. The van der Waals surface area contributed by atoms with Gasteiger partial charge < -0.3 is 19.6 Å². The Bertz CT molecular complexity index is 2160. The fourth-order valence-electron chi connectivity index (χ4n) is 6.84. The summed E-state index contributed by atoms with van der Waals surface area (Å²) in [4.78, 5) is 42.5. The van der Waals surface area contributed by atoms with Gasteiger partial charge in [0.2, 0.25) is 11.8 Å². The first kappa shape index (κ1) is 31.0. The summed E-state index contributed by atoms with van der Waals surface area (Å²) >= 11 is 0. The Hall–Kier alpha value is -6.30. The molecule has 5 aromatic rings. The van der Waals surface area contributed by atoms with Crippen molar-refractivity contribution >= 4 is 23.4 Å². The predicted molar refractivity (Wildman–Crippen MR) is 182 cm³/mol. The van der Waals surface area contributed by atoms with E-state index in [1.807, 2.05) is 65.5 Å². The second kappa shape index (κ2) is 13.0. The molecule has 12 heteroatoms. The van der Waals surface area contributed by atoms with Crippen LogP contribution in [0.15, 0.2) is 96.5 Å². The first-order valence-electron chi connectivity index (χ1n) is 16.4. The van der Waals surface area contributed by atoms with Crippen LogP contribution in [0.2, 0.25) is 0 Å². The van der Waals surface area contributed by atoms with Crippen LogP contribution in [0.25, 0.3) is 28.1 Å². The van der Waals surface area contributed by atoms with Crippen LogP contribution in [-0.4, -0.2) is 67.6 Å². The van der Waals surface area contributed by atoms with Gasteiger partial charge in [0.05, 0.1) is 11.4 Å². The monoisotopic (exact) mass is 668 g/mol. The summed E-state index contributed by atoms with van der Waals surface area (Å²) in [6.07, 6.45) is 7.60. The molecule has 50 heavy (non-hydrogen) atoms. The lowest BCUT2D eigenvalue weighted by Crippen LogP contribution is -2.52. The number of fused-ring (bicyclic) bond motifs is 2. The van der Waals surface area contributed by atoms with Gasteiger partial charge in [0, 0.05) is 53.8 Å². The molecule has 0 bridgehead atoms. The normalized spacial score (nSPS) is 17.5. The van der Waals surface area contributed by atoms with E-state index in [1.165, 1.54) is 4.90 Å². The summed E-state index contributed by atoms with van der Waals surface area (Å²) < 4.78 is 13.7. The Morgan fingerprint density at radius 2 is 1.56 bits per heavy atom. The number of ether oxygens (including phenoxy) is 2. The van der Waals surface area contributed by atoms with E-state index in [4.69, 9.17) is 14.6 Å². The van der Waals surface area contributed by atoms with Crippen LogP contribution in [0.4, 0.5) is 0 Å². The number of aryl methyl sites for hydroxylation is 1. The molecule has 3 amide bonds. The van der Waals surface area contributed by atoms with E-state index in [-0.39, 0.29) is 31.4 Å². The Morgan fingerprint density at radius 1 is 0.800 bits per heavy atom. The van der Waals surface area contributed by atoms with Crippen molar-refractivity contribution < 1.29 is 29.1 Å². The average Bonchev–Trinajstić information content (AvgIpc) is 3.86. The van der Waals surface area contributed by atoms with Crippen LogP contribution in [-0.2, 0) is 22.6 Å². The zero-order chi connectivity index (χ0) is 34.2. The van der Waals surface area contributed by atoms with Crippen molar-refractivity contribution in [1.82, 2.24) is 25.0 Å². The summed E-state index contributed by atoms with van der Waals surface area (Å²) in [5.74, 6) is 0.318. The number of carbonyl (C=O) groups is 3. The second-order valence-electron chi connectivity index (χ2n) is 12.4. The molecule has 250 valence electrons. The highest BCUT2D eigenvalue weighted by Gasteiger charge is 2.39. The van der Waals surface area contributed by atoms with E-state index in [2.05, 4.69) is 21.5 Å². The van der Waals surface area contributed by atoms with E-state index in [1.54, 1.807) is 24.5 Å². The number of benzene rings is 3. The second-order valence-corrected chi connectivity index (χ2v) is 12.4. The van der Waals surface area contributed by atoms with Gasteiger partial charge >= 0.3 is 0 Å². The molecule has 1 unspecified atom stereocenters. The maximum absolute atomic E-state index is 13.0. The number of rotatable bonds is 9. The van der Waals surface area contributed by atoms with Crippen LogP contribution in [0.3, 0.4) is 0 Å². The third-order valence-electron chi connectivity index (χ3n) is 9.36. The van der Waals surface area contributed by atoms with E-state index in [9.17, 15) is 19.6 Å². The van der Waals surface area contributed by atoms with Crippen molar-refractivity contribution in [2.24, 2.45) is 5.16 Å². The van der Waals surface area contributed by atoms with Crippen molar-refractivity contribution in [1.29, 1.82) is 0 Å². The zero-order valence-corrected chi connectivity index (χ0v) is 26.9. The third-order valence-corrected chi connectivity index (χ3v) is 9.36. The Labute approximate surface area is 287 Å². The molecule has 4 heterocycles. The number of aromatic nitrogens is 3. The number of nitrogens with one attached hydrogen (secondary N) is 1. The maximum atomic E-state index is 13.0. The molecule has 8 rings (SSSR count). The molecule has 0 saturated carbocycles.